The SMILES string of the molecule is COC(=O)Cc1cc(=O)[nH]c(SCc2nnc(-c3cccc(C)c3)o2)n1. The average molecular weight is 372 g/mol. The smallest absolute Gasteiger partial charge is 0.311 e. The van der Waals surface area contributed by atoms with Crippen LogP contribution < -0.4 is 5.56 Å². The van der Waals surface area contributed by atoms with Crippen LogP contribution in [0, 0.1) is 6.92 Å². The number of aromatic amines is 1. The average Bonchev–Trinajstić information content (AvgIpc) is 3.08. The van der Waals surface area contributed by atoms with Crippen LogP contribution in [-0.4, -0.2) is 33.2 Å². The summed E-state index contributed by atoms with van der Waals surface area (Å²) in [4.78, 5) is 29.9. The predicted octanol–water partition coefficient (Wildman–Crippen LogP) is 2.14. The number of aryl methyl sites for hydroxylation is 1. The maximum atomic E-state index is 11.7. The van der Waals surface area contributed by atoms with E-state index in [1.165, 1.54) is 24.9 Å². The molecule has 0 amide bonds. The number of thioether (sulfide) groups is 1. The van der Waals surface area contributed by atoms with Crippen molar-refractivity contribution in [3.63, 3.8) is 0 Å². The number of aromatic nitrogens is 4. The first-order valence-corrected chi connectivity index (χ1v) is 8.71. The highest BCUT2D eigenvalue weighted by atomic mass is 32.2. The van der Waals surface area contributed by atoms with Gasteiger partial charge in [0.15, 0.2) is 5.16 Å². The van der Waals surface area contributed by atoms with Crippen LogP contribution in [0.3, 0.4) is 0 Å². The van der Waals surface area contributed by atoms with Gasteiger partial charge in [-0.05, 0) is 19.1 Å². The van der Waals surface area contributed by atoms with E-state index in [1.54, 1.807) is 0 Å². The molecule has 0 bridgehead atoms. The number of hydrogen-bond acceptors (Lipinski definition) is 8. The van der Waals surface area contributed by atoms with E-state index < -0.39 is 5.97 Å². The molecule has 2 heterocycles. The molecule has 0 fully saturated rings. The largest absolute Gasteiger partial charge is 0.469 e. The zero-order chi connectivity index (χ0) is 18.5. The molecule has 0 radical (unpaired) electrons. The van der Waals surface area contributed by atoms with Crippen LogP contribution in [0.5, 0.6) is 0 Å². The minimum absolute atomic E-state index is 0.0634. The van der Waals surface area contributed by atoms with Gasteiger partial charge in [-0.1, -0.05) is 29.5 Å². The summed E-state index contributed by atoms with van der Waals surface area (Å²) in [6, 6.07) is 9.03. The Morgan fingerprint density at radius 3 is 2.92 bits per heavy atom. The molecule has 0 saturated heterocycles. The Hall–Kier alpha value is -2.94. The van der Waals surface area contributed by atoms with Gasteiger partial charge in [0.05, 0.1) is 25.0 Å². The van der Waals surface area contributed by atoms with Crippen LogP contribution in [0.2, 0.25) is 0 Å². The number of carbonyl (C=O) groups is 1. The van der Waals surface area contributed by atoms with Gasteiger partial charge in [-0.2, -0.15) is 0 Å². The lowest BCUT2D eigenvalue weighted by Gasteiger charge is -2.02. The first-order valence-electron chi connectivity index (χ1n) is 7.73. The minimum atomic E-state index is -0.459. The highest BCUT2D eigenvalue weighted by Gasteiger charge is 2.11. The lowest BCUT2D eigenvalue weighted by Crippen LogP contribution is -2.13. The molecular weight excluding hydrogens is 356 g/mol. The van der Waals surface area contributed by atoms with Crippen molar-refractivity contribution in [2.75, 3.05) is 7.11 Å². The Morgan fingerprint density at radius 1 is 1.31 bits per heavy atom. The molecule has 0 atom stereocenters. The molecule has 9 heteroatoms. The number of methoxy groups -OCH3 is 1. The van der Waals surface area contributed by atoms with Crippen molar-refractivity contribution in [1.82, 2.24) is 20.2 Å². The van der Waals surface area contributed by atoms with Crippen molar-refractivity contribution in [2.24, 2.45) is 0 Å². The van der Waals surface area contributed by atoms with Crippen molar-refractivity contribution in [2.45, 2.75) is 24.3 Å². The normalized spacial score (nSPS) is 10.7. The highest BCUT2D eigenvalue weighted by Crippen LogP contribution is 2.22. The fraction of sp³-hybridized carbons (Fsp3) is 0.235. The van der Waals surface area contributed by atoms with Crippen LogP contribution in [0.4, 0.5) is 0 Å². The molecule has 0 unspecified atom stereocenters. The Labute approximate surface area is 153 Å². The zero-order valence-corrected chi connectivity index (χ0v) is 15.0. The first kappa shape index (κ1) is 17.9. The van der Waals surface area contributed by atoms with Crippen LogP contribution in [0.15, 0.2) is 44.7 Å². The molecule has 3 rings (SSSR count). The molecule has 0 aliphatic rings. The van der Waals surface area contributed by atoms with Crippen molar-refractivity contribution < 1.29 is 13.9 Å². The number of H-pyrrole nitrogens is 1. The van der Waals surface area contributed by atoms with Gasteiger partial charge in [0.25, 0.3) is 5.56 Å². The maximum Gasteiger partial charge on any atom is 0.311 e. The molecule has 0 spiro atoms. The van der Waals surface area contributed by atoms with Crippen molar-refractivity contribution in [3.05, 3.63) is 57.8 Å². The number of nitrogens with one attached hydrogen (secondary N) is 1. The molecule has 0 saturated carbocycles. The molecular formula is C17H16N4O4S. The van der Waals surface area contributed by atoms with E-state index in [9.17, 15) is 9.59 Å². The molecule has 134 valence electrons. The Kier molecular flexibility index (Phi) is 5.47. The quantitative estimate of drug-likeness (QED) is 0.398. The fourth-order valence-corrected chi connectivity index (χ4v) is 2.93. The summed E-state index contributed by atoms with van der Waals surface area (Å²) in [5, 5.41) is 8.42. The molecule has 0 aliphatic heterocycles. The lowest BCUT2D eigenvalue weighted by atomic mass is 10.1. The summed E-state index contributed by atoms with van der Waals surface area (Å²) in [5.74, 6) is 0.722. The Morgan fingerprint density at radius 2 is 2.15 bits per heavy atom. The molecule has 3 aromatic rings. The number of carbonyl (C=O) groups excluding carboxylic acids is 1. The summed E-state index contributed by atoms with van der Waals surface area (Å²) in [7, 11) is 1.28. The molecule has 8 nitrogen and oxygen atoms in total. The van der Waals surface area contributed by atoms with Crippen LogP contribution in [-0.2, 0) is 21.7 Å². The molecule has 2 aromatic heterocycles. The summed E-state index contributed by atoms with van der Waals surface area (Å²) < 4.78 is 10.2. The van der Waals surface area contributed by atoms with Gasteiger partial charge < -0.3 is 14.1 Å². The third kappa shape index (κ3) is 4.57. The Balaban J connectivity index is 1.70. The number of ether oxygens (including phenoxy) is 1. The van der Waals surface area contributed by atoms with Crippen LogP contribution in [0.1, 0.15) is 17.1 Å². The summed E-state index contributed by atoms with van der Waals surface area (Å²) >= 11 is 1.23. The molecule has 26 heavy (non-hydrogen) atoms. The minimum Gasteiger partial charge on any atom is -0.469 e. The van der Waals surface area contributed by atoms with Crippen molar-refractivity contribution in [3.8, 4) is 11.5 Å². The fourth-order valence-electron chi connectivity index (χ4n) is 2.20. The second-order valence-corrected chi connectivity index (χ2v) is 6.42. The van der Waals surface area contributed by atoms with E-state index in [0.717, 1.165) is 11.1 Å². The number of nitrogens with zero attached hydrogens (tertiary/aromatic N) is 3. The monoisotopic (exact) mass is 372 g/mol. The lowest BCUT2D eigenvalue weighted by molar-refractivity contribution is -0.139. The third-order valence-corrected chi connectivity index (χ3v) is 4.25. The number of rotatable bonds is 6. The number of benzene rings is 1. The first-order chi connectivity index (χ1) is 12.5. The van der Waals surface area contributed by atoms with E-state index >= 15 is 0 Å². The van der Waals surface area contributed by atoms with E-state index in [-0.39, 0.29) is 12.0 Å². The van der Waals surface area contributed by atoms with Crippen molar-refractivity contribution in [1.29, 1.82) is 0 Å². The van der Waals surface area contributed by atoms with Crippen molar-refractivity contribution >= 4 is 17.7 Å². The van der Waals surface area contributed by atoms with E-state index in [2.05, 4.69) is 24.9 Å². The summed E-state index contributed by atoms with van der Waals surface area (Å²) in [6.45, 7) is 1.99. The molecule has 1 aromatic carbocycles. The number of hydrogen-bond donors (Lipinski definition) is 1. The topological polar surface area (TPSA) is 111 Å². The third-order valence-electron chi connectivity index (χ3n) is 3.39. The van der Waals surface area contributed by atoms with Crippen LogP contribution in [0.25, 0.3) is 11.5 Å². The zero-order valence-electron chi connectivity index (χ0n) is 14.2. The van der Waals surface area contributed by atoms with Gasteiger partial charge in [0.1, 0.15) is 0 Å². The Bertz CT molecular complexity index is 983. The number of esters is 1. The van der Waals surface area contributed by atoms with Gasteiger partial charge in [-0.15, -0.1) is 10.2 Å². The summed E-state index contributed by atoms with van der Waals surface area (Å²) in [5.41, 5.74) is 1.95. The molecule has 0 aliphatic carbocycles. The summed E-state index contributed by atoms with van der Waals surface area (Å²) in [6.07, 6.45) is -0.0634. The second-order valence-electron chi connectivity index (χ2n) is 5.45. The maximum absolute atomic E-state index is 11.7. The highest BCUT2D eigenvalue weighted by molar-refractivity contribution is 7.98. The molecule has 1 N–H and O–H groups in total. The van der Waals surface area contributed by atoms with E-state index in [0.29, 0.717) is 28.4 Å². The predicted molar refractivity (Wildman–Crippen MR) is 94.6 cm³/mol. The van der Waals surface area contributed by atoms with Gasteiger partial charge in [0, 0.05) is 11.6 Å². The standard InChI is InChI=1S/C17H16N4O4S/c1-10-4-3-5-11(6-10)16-21-20-14(25-16)9-26-17-18-12(7-13(22)19-17)8-15(23)24-2/h3-7H,8-9H2,1-2H3,(H,18,19,22). The van der Waals surface area contributed by atoms with Gasteiger partial charge >= 0.3 is 5.97 Å². The van der Waals surface area contributed by atoms with Gasteiger partial charge in [-0.3, -0.25) is 9.59 Å². The van der Waals surface area contributed by atoms with Crippen LogP contribution >= 0.6 is 11.8 Å². The second kappa shape index (κ2) is 7.96. The van der Waals surface area contributed by atoms with Gasteiger partial charge in [-0.25, -0.2) is 4.98 Å². The van der Waals surface area contributed by atoms with E-state index in [1.807, 2.05) is 31.2 Å². The van der Waals surface area contributed by atoms with Gasteiger partial charge in [0.2, 0.25) is 11.8 Å². The van der Waals surface area contributed by atoms with E-state index in [4.69, 9.17) is 4.42 Å².